The predicted molar refractivity (Wildman–Crippen MR) is 99.6 cm³/mol. The molecule has 3 heterocycles. The van der Waals surface area contributed by atoms with Crippen molar-refractivity contribution in [3.05, 3.63) is 29.8 Å². The number of carbonyl (C=O) groups excluding carboxylic acids is 2. The Morgan fingerprint density at radius 3 is 2.67 bits per heavy atom. The van der Waals surface area contributed by atoms with Crippen molar-refractivity contribution in [1.29, 1.82) is 0 Å². The van der Waals surface area contributed by atoms with Crippen molar-refractivity contribution >= 4 is 22.8 Å². The number of amides is 2. The summed E-state index contributed by atoms with van der Waals surface area (Å²) in [5, 5.41) is 0. The molecule has 0 unspecified atom stereocenters. The maximum Gasteiger partial charge on any atom is 0.227 e. The number of aromatic nitrogens is 2. The van der Waals surface area contributed by atoms with Gasteiger partial charge in [0.15, 0.2) is 0 Å². The zero-order valence-corrected chi connectivity index (χ0v) is 15.6. The van der Waals surface area contributed by atoms with Gasteiger partial charge in [-0.15, -0.1) is 0 Å². The highest BCUT2D eigenvalue weighted by Gasteiger charge is 2.33. The van der Waals surface area contributed by atoms with Crippen LogP contribution >= 0.6 is 0 Å². The van der Waals surface area contributed by atoms with Gasteiger partial charge in [0.25, 0.3) is 0 Å². The number of hydrogen-bond donors (Lipinski definition) is 1. The van der Waals surface area contributed by atoms with Crippen molar-refractivity contribution in [2.75, 3.05) is 26.2 Å². The molecule has 0 spiro atoms. The minimum Gasteiger partial charge on any atom is -0.342 e. The highest BCUT2D eigenvalue weighted by Crippen LogP contribution is 2.29. The van der Waals surface area contributed by atoms with E-state index < -0.39 is 0 Å². The molecule has 2 fully saturated rings. The molecule has 0 aliphatic carbocycles. The highest BCUT2D eigenvalue weighted by molar-refractivity contribution is 5.81. The average Bonchev–Trinajstić information content (AvgIpc) is 3.10. The fourth-order valence-electron chi connectivity index (χ4n) is 4.29. The Balaban J connectivity index is 1.38. The van der Waals surface area contributed by atoms with Crippen molar-refractivity contribution < 1.29 is 14.0 Å². The summed E-state index contributed by atoms with van der Waals surface area (Å²) in [6.07, 6.45) is 3.44. The maximum atomic E-state index is 13.4. The van der Waals surface area contributed by atoms with E-state index in [1.165, 1.54) is 12.1 Å². The van der Waals surface area contributed by atoms with Gasteiger partial charge in [0.2, 0.25) is 11.8 Å². The molecule has 1 atom stereocenters. The Labute approximate surface area is 157 Å². The van der Waals surface area contributed by atoms with Crippen LogP contribution in [0.4, 0.5) is 4.39 Å². The third-order valence-corrected chi connectivity index (χ3v) is 5.87. The number of halogens is 1. The number of benzene rings is 1. The quantitative estimate of drug-likeness (QED) is 0.881. The second kappa shape index (κ2) is 7.29. The van der Waals surface area contributed by atoms with Crippen molar-refractivity contribution in [3.8, 4) is 0 Å². The molecule has 0 radical (unpaired) electrons. The molecule has 2 aromatic rings. The first-order chi connectivity index (χ1) is 13.0. The van der Waals surface area contributed by atoms with Gasteiger partial charge in [-0.25, -0.2) is 9.37 Å². The minimum atomic E-state index is -0.273. The Morgan fingerprint density at radius 2 is 1.93 bits per heavy atom. The van der Waals surface area contributed by atoms with Gasteiger partial charge in [0.1, 0.15) is 11.6 Å². The molecule has 7 heteroatoms. The summed E-state index contributed by atoms with van der Waals surface area (Å²) in [5.74, 6) is 1.00. The maximum absolute atomic E-state index is 13.4. The Hall–Kier alpha value is -2.44. The number of H-pyrrole nitrogens is 1. The van der Waals surface area contributed by atoms with Gasteiger partial charge in [-0.05, 0) is 43.9 Å². The van der Waals surface area contributed by atoms with E-state index in [-0.39, 0.29) is 29.5 Å². The largest absolute Gasteiger partial charge is 0.342 e. The van der Waals surface area contributed by atoms with Gasteiger partial charge in [-0.1, -0.05) is 0 Å². The van der Waals surface area contributed by atoms with Crippen LogP contribution in [0.5, 0.6) is 0 Å². The van der Waals surface area contributed by atoms with Crippen LogP contribution in [0.2, 0.25) is 0 Å². The number of aromatic amines is 1. The summed E-state index contributed by atoms with van der Waals surface area (Å²) in [7, 11) is 0. The summed E-state index contributed by atoms with van der Waals surface area (Å²) in [6, 6.07) is 4.57. The zero-order valence-electron chi connectivity index (χ0n) is 15.6. The van der Waals surface area contributed by atoms with Gasteiger partial charge in [0.05, 0.1) is 17.0 Å². The van der Waals surface area contributed by atoms with Crippen LogP contribution in [-0.4, -0.2) is 57.8 Å². The smallest absolute Gasteiger partial charge is 0.227 e. The summed E-state index contributed by atoms with van der Waals surface area (Å²) in [4.78, 5) is 36.0. The third kappa shape index (κ3) is 3.68. The molecular weight excluding hydrogens is 347 g/mol. The molecule has 4 rings (SSSR count). The van der Waals surface area contributed by atoms with Crippen molar-refractivity contribution in [2.24, 2.45) is 5.92 Å². The van der Waals surface area contributed by atoms with Crippen molar-refractivity contribution in [3.63, 3.8) is 0 Å². The molecule has 6 nitrogen and oxygen atoms in total. The zero-order chi connectivity index (χ0) is 19.0. The van der Waals surface area contributed by atoms with Gasteiger partial charge in [-0.2, -0.15) is 0 Å². The Morgan fingerprint density at radius 1 is 1.15 bits per heavy atom. The molecule has 0 saturated carbocycles. The monoisotopic (exact) mass is 372 g/mol. The number of carbonyl (C=O) groups is 2. The molecule has 2 aliphatic rings. The Bertz CT molecular complexity index is 857. The molecule has 27 heavy (non-hydrogen) atoms. The lowest BCUT2D eigenvalue weighted by Gasteiger charge is -2.37. The number of nitrogens with zero attached hydrogens (tertiary/aromatic N) is 3. The van der Waals surface area contributed by atoms with E-state index >= 15 is 0 Å². The molecule has 1 aromatic carbocycles. The van der Waals surface area contributed by atoms with Crippen LogP contribution in [0.15, 0.2) is 18.2 Å². The number of piperidine rings is 2. The number of imidazole rings is 1. The fraction of sp³-hybridized carbons (Fsp3) is 0.550. The average molecular weight is 372 g/mol. The molecule has 1 N–H and O–H groups in total. The summed E-state index contributed by atoms with van der Waals surface area (Å²) in [6.45, 7) is 4.27. The fourth-order valence-corrected chi connectivity index (χ4v) is 4.29. The summed E-state index contributed by atoms with van der Waals surface area (Å²) in [5.41, 5.74) is 1.49. The van der Waals surface area contributed by atoms with Crippen LogP contribution in [0.1, 0.15) is 44.3 Å². The van der Waals surface area contributed by atoms with Crippen LogP contribution in [0.3, 0.4) is 0 Å². The molecule has 144 valence electrons. The summed E-state index contributed by atoms with van der Waals surface area (Å²) >= 11 is 0. The van der Waals surface area contributed by atoms with Crippen LogP contribution in [0, 0.1) is 11.7 Å². The second-order valence-corrected chi connectivity index (χ2v) is 7.69. The molecule has 0 bridgehead atoms. The van der Waals surface area contributed by atoms with Gasteiger partial charge >= 0.3 is 0 Å². The van der Waals surface area contributed by atoms with Gasteiger partial charge < -0.3 is 14.8 Å². The SMILES string of the molecule is CC(=O)N1CCC[C@H](C(=O)N2CCC(c3nc4ccc(F)cc4[nH]3)CC2)C1. The van der Waals surface area contributed by atoms with Crippen LogP contribution in [0.25, 0.3) is 11.0 Å². The lowest BCUT2D eigenvalue weighted by Crippen LogP contribution is -2.48. The number of likely N-dealkylation sites (tertiary alicyclic amines) is 2. The lowest BCUT2D eigenvalue weighted by molar-refractivity contribution is -0.141. The lowest BCUT2D eigenvalue weighted by atomic mass is 9.92. The van der Waals surface area contributed by atoms with E-state index in [2.05, 4.69) is 9.97 Å². The van der Waals surface area contributed by atoms with E-state index in [1.54, 1.807) is 17.9 Å². The first-order valence-electron chi connectivity index (χ1n) is 9.70. The van der Waals surface area contributed by atoms with Crippen LogP contribution in [-0.2, 0) is 9.59 Å². The minimum absolute atomic E-state index is 0.0486. The topological polar surface area (TPSA) is 69.3 Å². The van der Waals surface area contributed by atoms with Crippen molar-refractivity contribution in [2.45, 2.75) is 38.5 Å². The molecule has 1 aromatic heterocycles. The normalized spacial score (nSPS) is 21.6. The number of nitrogens with one attached hydrogen (secondary N) is 1. The van der Waals surface area contributed by atoms with E-state index in [1.807, 2.05) is 4.90 Å². The molecular formula is C20H25FN4O2. The van der Waals surface area contributed by atoms with E-state index in [4.69, 9.17) is 0 Å². The number of hydrogen-bond acceptors (Lipinski definition) is 3. The predicted octanol–water partition coefficient (Wildman–Crippen LogP) is 2.67. The second-order valence-electron chi connectivity index (χ2n) is 7.69. The van der Waals surface area contributed by atoms with Gasteiger partial charge in [0, 0.05) is 39.0 Å². The first-order valence-corrected chi connectivity index (χ1v) is 9.70. The molecule has 2 aliphatic heterocycles. The van der Waals surface area contributed by atoms with E-state index in [0.717, 1.165) is 49.1 Å². The summed E-state index contributed by atoms with van der Waals surface area (Å²) < 4.78 is 13.4. The first kappa shape index (κ1) is 17.9. The number of rotatable bonds is 2. The highest BCUT2D eigenvalue weighted by atomic mass is 19.1. The van der Waals surface area contributed by atoms with E-state index in [9.17, 15) is 14.0 Å². The standard InChI is InChI=1S/C20H25FN4O2/c1-13(26)25-8-2-3-15(12-25)20(27)24-9-6-14(7-10-24)19-22-17-5-4-16(21)11-18(17)23-19/h4-5,11,14-15H,2-3,6-10,12H2,1H3,(H,22,23)/t15-/m0/s1. The molecule has 2 saturated heterocycles. The van der Waals surface area contributed by atoms with Crippen molar-refractivity contribution in [1.82, 2.24) is 19.8 Å². The number of fused-ring (bicyclic) bond motifs is 1. The Kier molecular flexibility index (Phi) is 4.85. The molecule has 2 amide bonds. The third-order valence-electron chi connectivity index (χ3n) is 5.87. The van der Waals surface area contributed by atoms with E-state index in [0.29, 0.717) is 19.6 Å². The van der Waals surface area contributed by atoms with Crippen LogP contribution < -0.4 is 0 Å². The van der Waals surface area contributed by atoms with Gasteiger partial charge in [-0.3, -0.25) is 9.59 Å².